The predicted molar refractivity (Wildman–Crippen MR) is 214 cm³/mol. The number of fused-ring (bicyclic) bond motifs is 2. The summed E-state index contributed by atoms with van der Waals surface area (Å²) in [5, 5.41) is 12.6. The minimum absolute atomic E-state index is 0.0491. The lowest BCUT2D eigenvalue weighted by atomic mass is 9.75. The number of phenolic OH excluding ortho intramolecular Hbond substituents is 1. The van der Waals surface area contributed by atoms with Gasteiger partial charge in [-0.3, -0.25) is 24.6 Å². The van der Waals surface area contributed by atoms with Gasteiger partial charge in [-0.05, 0) is 90.4 Å². The van der Waals surface area contributed by atoms with Crippen LogP contribution in [0.3, 0.4) is 0 Å². The third-order valence-electron chi connectivity index (χ3n) is 12.7. The van der Waals surface area contributed by atoms with E-state index in [1.54, 1.807) is 23.1 Å². The van der Waals surface area contributed by atoms with Gasteiger partial charge in [-0.1, -0.05) is 24.3 Å². The second-order valence-electron chi connectivity index (χ2n) is 16.1. The third-order valence-corrected chi connectivity index (χ3v) is 12.7. The highest BCUT2D eigenvalue weighted by atomic mass is 19.1. The molecule has 3 saturated heterocycles. The molecule has 296 valence electrons. The lowest BCUT2D eigenvalue weighted by molar-refractivity contribution is -0.136. The topological polar surface area (TPSA) is 115 Å². The van der Waals surface area contributed by atoms with Gasteiger partial charge in [-0.25, -0.2) is 4.39 Å². The highest BCUT2D eigenvalue weighted by molar-refractivity contribution is 6.05. The fraction of sp³-hybridized carbons (Fsp3) is 0.400. The van der Waals surface area contributed by atoms with E-state index in [9.17, 15) is 23.9 Å². The van der Waals surface area contributed by atoms with Crippen molar-refractivity contribution >= 4 is 29.1 Å². The van der Waals surface area contributed by atoms with Crippen LogP contribution in [-0.4, -0.2) is 98.2 Å². The van der Waals surface area contributed by atoms with Gasteiger partial charge in [0.15, 0.2) is 11.6 Å². The molecular formula is C45H48FN5O6. The van der Waals surface area contributed by atoms with Gasteiger partial charge in [-0.15, -0.1) is 0 Å². The van der Waals surface area contributed by atoms with Crippen LogP contribution in [0, 0.1) is 11.7 Å². The summed E-state index contributed by atoms with van der Waals surface area (Å²) < 4.78 is 25.8. The maximum atomic E-state index is 14.4. The van der Waals surface area contributed by atoms with Crippen LogP contribution >= 0.6 is 0 Å². The highest BCUT2D eigenvalue weighted by Crippen LogP contribution is 2.48. The van der Waals surface area contributed by atoms with Gasteiger partial charge in [-0.2, -0.15) is 0 Å². The number of methoxy groups -OCH3 is 1. The maximum Gasteiger partial charge on any atom is 0.255 e. The fourth-order valence-corrected chi connectivity index (χ4v) is 9.58. The number of aromatic hydroxyl groups is 1. The molecule has 0 spiro atoms. The Morgan fingerprint density at radius 2 is 1.56 bits per heavy atom. The number of piperidine rings is 2. The number of imide groups is 1. The summed E-state index contributed by atoms with van der Waals surface area (Å²) in [6.45, 7) is 7.70. The number of benzene rings is 4. The molecule has 1 unspecified atom stereocenters. The Morgan fingerprint density at radius 1 is 0.825 bits per heavy atom. The lowest BCUT2D eigenvalue weighted by Crippen LogP contribution is -2.52. The second kappa shape index (κ2) is 15.4. The molecule has 3 amide bonds. The van der Waals surface area contributed by atoms with Gasteiger partial charge in [0.2, 0.25) is 11.8 Å². The van der Waals surface area contributed by atoms with Gasteiger partial charge >= 0.3 is 0 Å². The molecule has 0 saturated carbocycles. The number of nitrogens with zero attached hydrogens (tertiary/aromatic N) is 4. The standard InChI is InChI=1S/C45H48FN5O6/c1-56-41-23-30(4-11-38(41)46)37-27-57-40-24-34(52)8-10-36(40)43(37)29-2-5-32(6-3-29)49-16-14-28(15-17-49)25-48-18-20-50(21-19-48)33-7-9-35-31(22-33)26-51(45(35)55)39-12-13-42(53)47-44(39)54/h2-11,22-24,28,37,39,43,52H,12-21,25-27H2,1H3,(H,47,53,54)/t37-,39+,43?/m1/s1. The van der Waals surface area contributed by atoms with Crippen molar-refractivity contribution in [1.29, 1.82) is 0 Å². The fourth-order valence-electron chi connectivity index (χ4n) is 9.58. The lowest BCUT2D eigenvalue weighted by Gasteiger charge is -2.40. The van der Waals surface area contributed by atoms with Gasteiger partial charge in [0.25, 0.3) is 5.91 Å². The molecular weight excluding hydrogens is 726 g/mol. The Kier molecular flexibility index (Phi) is 9.98. The summed E-state index contributed by atoms with van der Waals surface area (Å²) in [4.78, 5) is 46.3. The number of hydrogen-bond donors (Lipinski definition) is 2. The van der Waals surface area contributed by atoms with E-state index in [0.29, 0.717) is 36.8 Å². The van der Waals surface area contributed by atoms with Crippen LogP contribution in [0.15, 0.2) is 78.9 Å². The first-order chi connectivity index (χ1) is 27.7. The molecule has 5 aliphatic rings. The first kappa shape index (κ1) is 37.0. The van der Waals surface area contributed by atoms with Crippen LogP contribution in [0.4, 0.5) is 15.8 Å². The van der Waals surface area contributed by atoms with E-state index >= 15 is 0 Å². The van der Waals surface area contributed by atoms with E-state index in [1.165, 1.54) is 18.9 Å². The van der Waals surface area contributed by atoms with Crippen LogP contribution < -0.4 is 24.6 Å². The average molecular weight is 774 g/mol. The summed E-state index contributed by atoms with van der Waals surface area (Å²) in [5.41, 5.74) is 6.97. The Hall–Kier alpha value is -5.62. The van der Waals surface area contributed by atoms with Crippen molar-refractivity contribution in [1.82, 2.24) is 15.1 Å². The molecule has 12 heteroatoms. The highest BCUT2D eigenvalue weighted by Gasteiger charge is 2.40. The van der Waals surface area contributed by atoms with E-state index in [2.05, 4.69) is 50.3 Å². The average Bonchev–Trinajstić information content (AvgIpc) is 3.56. The van der Waals surface area contributed by atoms with E-state index in [-0.39, 0.29) is 47.5 Å². The van der Waals surface area contributed by atoms with E-state index < -0.39 is 11.9 Å². The Balaban J connectivity index is 0.792. The quantitative estimate of drug-likeness (QED) is 0.220. The molecule has 5 aliphatic heterocycles. The number of phenols is 1. The summed E-state index contributed by atoms with van der Waals surface area (Å²) in [6.07, 6.45) is 2.88. The van der Waals surface area contributed by atoms with Crippen molar-refractivity contribution in [3.63, 3.8) is 0 Å². The first-order valence-corrected chi connectivity index (χ1v) is 20.1. The van der Waals surface area contributed by atoms with Crippen molar-refractivity contribution in [3.05, 3.63) is 112 Å². The van der Waals surface area contributed by atoms with Crippen LogP contribution in [-0.2, 0) is 16.1 Å². The zero-order valence-electron chi connectivity index (χ0n) is 32.2. The largest absolute Gasteiger partial charge is 0.508 e. The molecule has 0 aliphatic carbocycles. The number of piperazine rings is 1. The molecule has 5 heterocycles. The number of nitrogens with one attached hydrogen (secondary N) is 1. The molecule has 9 rings (SSSR count). The minimum Gasteiger partial charge on any atom is -0.508 e. The number of halogens is 1. The Labute approximate surface area is 331 Å². The van der Waals surface area contributed by atoms with Crippen molar-refractivity contribution in [3.8, 4) is 17.2 Å². The summed E-state index contributed by atoms with van der Waals surface area (Å²) in [6, 6.07) is 24.6. The smallest absolute Gasteiger partial charge is 0.255 e. The van der Waals surface area contributed by atoms with Gasteiger partial charge in [0, 0.05) is 99.2 Å². The number of hydrogen-bond acceptors (Lipinski definition) is 9. The number of carbonyl (C=O) groups is 3. The molecule has 0 aromatic heterocycles. The Bertz CT molecular complexity index is 2180. The van der Waals surface area contributed by atoms with Crippen LogP contribution in [0.25, 0.3) is 0 Å². The molecule has 3 fully saturated rings. The summed E-state index contributed by atoms with van der Waals surface area (Å²) >= 11 is 0. The first-order valence-electron chi connectivity index (χ1n) is 20.1. The molecule has 4 aromatic rings. The van der Waals surface area contributed by atoms with Gasteiger partial charge < -0.3 is 29.3 Å². The molecule has 0 radical (unpaired) electrons. The van der Waals surface area contributed by atoms with E-state index in [1.807, 2.05) is 24.3 Å². The maximum absolute atomic E-state index is 14.4. The number of ether oxygens (including phenoxy) is 2. The van der Waals surface area contributed by atoms with Gasteiger partial charge in [0.1, 0.15) is 17.5 Å². The Morgan fingerprint density at radius 3 is 2.32 bits per heavy atom. The summed E-state index contributed by atoms with van der Waals surface area (Å²) in [5.74, 6) is 0.354. The molecule has 11 nitrogen and oxygen atoms in total. The monoisotopic (exact) mass is 773 g/mol. The van der Waals surface area contributed by atoms with E-state index in [0.717, 1.165) is 86.6 Å². The number of carbonyl (C=O) groups excluding carboxylic acids is 3. The normalized spacial score (nSPS) is 22.9. The number of anilines is 2. The SMILES string of the molecule is COc1cc([C@H]2COc3cc(O)ccc3C2c2ccc(N3CCC(CN4CCN(c5ccc6c(c5)CN([C@H]5CCC(=O)NC5=O)C6=O)CC4)CC3)cc2)ccc1F. The van der Waals surface area contributed by atoms with Crippen molar-refractivity contribution < 1.29 is 33.4 Å². The van der Waals surface area contributed by atoms with E-state index in [4.69, 9.17) is 9.47 Å². The molecule has 3 atom stereocenters. The molecule has 4 aromatic carbocycles. The minimum atomic E-state index is -0.602. The van der Waals surface area contributed by atoms with Crippen LogP contribution in [0.2, 0.25) is 0 Å². The zero-order chi connectivity index (χ0) is 39.2. The van der Waals surface area contributed by atoms with Crippen molar-refractivity contribution in [2.75, 3.05) is 69.3 Å². The van der Waals surface area contributed by atoms with Crippen molar-refractivity contribution in [2.24, 2.45) is 5.92 Å². The number of rotatable bonds is 8. The number of amides is 3. The zero-order valence-corrected chi connectivity index (χ0v) is 32.2. The predicted octanol–water partition coefficient (Wildman–Crippen LogP) is 5.65. The van der Waals surface area contributed by atoms with Crippen LogP contribution in [0.1, 0.15) is 70.1 Å². The molecule has 2 N–H and O–H groups in total. The second-order valence-corrected chi connectivity index (χ2v) is 16.1. The van der Waals surface area contributed by atoms with Crippen LogP contribution in [0.5, 0.6) is 17.2 Å². The third kappa shape index (κ3) is 7.27. The molecule has 57 heavy (non-hydrogen) atoms. The van der Waals surface area contributed by atoms with Gasteiger partial charge in [0.05, 0.1) is 13.7 Å². The summed E-state index contributed by atoms with van der Waals surface area (Å²) in [7, 11) is 1.48. The molecule has 0 bridgehead atoms. The van der Waals surface area contributed by atoms with Crippen molar-refractivity contribution in [2.45, 2.75) is 50.1 Å².